The summed E-state index contributed by atoms with van der Waals surface area (Å²) < 4.78 is 26.2. The Bertz CT molecular complexity index is 714. The van der Waals surface area contributed by atoms with Crippen LogP contribution in [0.5, 0.6) is 0 Å². The van der Waals surface area contributed by atoms with Gasteiger partial charge < -0.3 is 5.73 Å². The summed E-state index contributed by atoms with van der Waals surface area (Å²) in [6.45, 7) is 2.36. The summed E-state index contributed by atoms with van der Waals surface area (Å²) in [6, 6.07) is 8.66. The van der Waals surface area contributed by atoms with E-state index in [0.29, 0.717) is 11.4 Å². The zero-order chi connectivity index (χ0) is 15.5. The van der Waals surface area contributed by atoms with E-state index in [4.69, 9.17) is 5.73 Å². The van der Waals surface area contributed by atoms with E-state index < -0.39 is 10.0 Å². The molecule has 0 amide bonds. The highest BCUT2D eigenvalue weighted by atomic mass is 32.2. The van der Waals surface area contributed by atoms with Crippen molar-refractivity contribution in [3.8, 4) is 0 Å². The first-order valence-electron chi connectivity index (χ1n) is 6.47. The van der Waals surface area contributed by atoms with E-state index in [1.54, 1.807) is 12.1 Å². The number of hydrogen-bond acceptors (Lipinski definition) is 5. The van der Waals surface area contributed by atoms with Gasteiger partial charge in [0.05, 0.1) is 17.9 Å². The molecule has 0 aliphatic rings. The molecule has 0 unspecified atom stereocenters. The van der Waals surface area contributed by atoms with Crippen LogP contribution in [0.4, 0.5) is 0 Å². The molecule has 0 fully saturated rings. The van der Waals surface area contributed by atoms with E-state index >= 15 is 0 Å². The Morgan fingerprint density at radius 1 is 1.19 bits per heavy atom. The van der Waals surface area contributed by atoms with Crippen LogP contribution in [-0.4, -0.2) is 29.7 Å². The first-order chi connectivity index (χ1) is 9.93. The van der Waals surface area contributed by atoms with E-state index in [9.17, 15) is 8.42 Å². The van der Waals surface area contributed by atoms with Crippen LogP contribution in [0.15, 0.2) is 41.4 Å². The largest absolute Gasteiger partial charge is 0.325 e. The van der Waals surface area contributed by atoms with Crippen LogP contribution < -0.4 is 5.73 Å². The predicted molar refractivity (Wildman–Crippen MR) is 79.8 cm³/mol. The standard InChI is InChI=1S/C14H18N4O2S/c1-11-4-3-5-13(17-11)10-18(2)21(19,20)14-7-6-12(8-15)16-9-14/h3-7,9H,8,10,15H2,1-2H3. The molecule has 0 saturated carbocycles. The quantitative estimate of drug-likeness (QED) is 0.892. The van der Waals surface area contributed by atoms with Gasteiger partial charge in [-0.15, -0.1) is 0 Å². The Morgan fingerprint density at radius 3 is 2.52 bits per heavy atom. The van der Waals surface area contributed by atoms with Gasteiger partial charge in [-0.3, -0.25) is 9.97 Å². The van der Waals surface area contributed by atoms with Gasteiger partial charge >= 0.3 is 0 Å². The maximum absolute atomic E-state index is 12.4. The van der Waals surface area contributed by atoms with Crippen molar-refractivity contribution in [3.63, 3.8) is 0 Å². The molecule has 0 saturated heterocycles. The Labute approximate surface area is 124 Å². The van der Waals surface area contributed by atoms with Crippen LogP contribution in [0.25, 0.3) is 0 Å². The normalized spacial score (nSPS) is 11.8. The molecule has 112 valence electrons. The SMILES string of the molecule is Cc1cccc(CN(C)S(=O)(=O)c2ccc(CN)nc2)n1. The summed E-state index contributed by atoms with van der Waals surface area (Å²) in [7, 11) is -2.06. The molecular formula is C14H18N4O2S. The lowest BCUT2D eigenvalue weighted by Crippen LogP contribution is -2.27. The molecule has 7 heteroatoms. The third kappa shape index (κ3) is 3.63. The predicted octanol–water partition coefficient (Wildman–Crippen LogP) is 1.06. The van der Waals surface area contributed by atoms with Crippen LogP contribution in [0.2, 0.25) is 0 Å². The van der Waals surface area contributed by atoms with Crippen molar-refractivity contribution in [3.05, 3.63) is 53.6 Å². The van der Waals surface area contributed by atoms with Crippen molar-refractivity contribution in [1.82, 2.24) is 14.3 Å². The molecule has 0 aliphatic carbocycles. The Hall–Kier alpha value is -1.83. The molecule has 0 radical (unpaired) electrons. The molecule has 0 spiro atoms. The first-order valence-corrected chi connectivity index (χ1v) is 7.91. The van der Waals surface area contributed by atoms with Gasteiger partial charge in [0.2, 0.25) is 10.0 Å². The minimum absolute atomic E-state index is 0.148. The van der Waals surface area contributed by atoms with Crippen LogP contribution in [-0.2, 0) is 23.1 Å². The summed E-state index contributed by atoms with van der Waals surface area (Å²) >= 11 is 0. The lowest BCUT2D eigenvalue weighted by atomic mass is 10.3. The van der Waals surface area contributed by atoms with Crippen molar-refractivity contribution in [2.45, 2.75) is 24.9 Å². The maximum atomic E-state index is 12.4. The number of aryl methyl sites for hydroxylation is 1. The third-order valence-corrected chi connectivity index (χ3v) is 4.83. The van der Waals surface area contributed by atoms with Gasteiger partial charge in [0.15, 0.2) is 0 Å². The highest BCUT2D eigenvalue weighted by Crippen LogP contribution is 2.15. The topological polar surface area (TPSA) is 89.2 Å². The summed E-state index contributed by atoms with van der Waals surface area (Å²) in [4.78, 5) is 8.48. The number of pyridine rings is 2. The monoisotopic (exact) mass is 306 g/mol. The lowest BCUT2D eigenvalue weighted by Gasteiger charge is -2.17. The summed E-state index contributed by atoms with van der Waals surface area (Å²) in [5.41, 5.74) is 7.66. The second-order valence-corrected chi connectivity index (χ2v) is 6.77. The van der Waals surface area contributed by atoms with E-state index in [2.05, 4.69) is 9.97 Å². The fraction of sp³-hybridized carbons (Fsp3) is 0.286. The summed E-state index contributed by atoms with van der Waals surface area (Å²) in [5, 5.41) is 0. The Balaban J connectivity index is 2.21. The summed E-state index contributed by atoms with van der Waals surface area (Å²) in [5.74, 6) is 0. The van der Waals surface area contributed by atoms with Gasteiger partial charge in [0.25, 0.3) is 0 Å². The smallest absolute Gasteiger partial charge is 0.244 e. The molecule has 2 aromatic rings. The van der Waals surface area contributed by atoms with Crippen molar-refractivity contribution in [1.29, 1.82) is 0 Å². The van der Waals surface area contributed by atoms with Crippen molar-refractivity contribution in [2.75, 3.05) is 7.05 Å². The molecule has 0 bridgehead atoms. The van der Waals surface area contributed by atoms with Crippen molar-refractivity contribution in [2.24, 2.45) is 5.73 Å². The van der Waals surface area contributed by atoms with E-state index in [1.165, 1.54) is 23.6 Å². The number of hydrogen-bond donors (Lipinski definition) is 1. The van der Waals surface area contributed by atoms with Gasteiger partial charge in [-0.05, 0) is 31.2 Å². The number of rotatable bonds is 5. The second kappa shape index (κ2) is 6.30. The van der Waals surface area contributed by atoms with Crippen LogP contribution in [0.3, 0.4) is 0 Å². The van der Waals surface area contributed by atoms with Gasteiger partial charge in [0, 0.05) is 25.5 Å². The van der Waals surface area contributed by atoms with Gasteiger partial charge in [-0.1, -0.05) is 6.07 Å². The fourth-order valence-electron chi connectivity index (χ4n) is 1.86. The minimum Gasteiger partial charge on any atom is -0.325 e. The minimum atomic E-state index is -3.58. The highest BCUT2D eigenvalue weighted by Gasteiger charge is 2.21. The number of sulfonamides is 1. The molecule has 2 aromatic heterocycles. The molecule has 0 aliphatic heterocycles. The molecule has 0 aromatic carbocycles. The maximum Gasteiger partial charge on any atom is 0.244 e. The molecule has 21 heavy (non-hydrogen) atoms. The van der Waals surface area contributed by atoms with Gasteiger partial charge in [0.1, 0.15) is 4.90 Å². The number of aromatic nitrogens is 2. The Kier molecular flexibility index (Phi) is 4.66. The van der Waals surface area contributed by atoms with Gasteiger partial charge in [-0.2, -0.15) is 4.31 Å². The van der Waals surface area contributed by atoms with E-state index in [1.807, 2.05) is 19.1 Å². The fourth-order valence-corrected chi connectivity index (χ4v) is 2.95. The average molecular weight is 306 g/mol. The summed E-state index contributed by atoms with van der Waals surface area (Å²) in [6.07, 6.45) is 1.33. The zero-order valence-corrected chi connectivity index (χ0v) is 12.8. The van der Waals surface area contributed by atoms with Gasteiger partial charge in [-0.25, -0.2) is 8.42 Å². The van der Waals surface area contributed by atoms with Crippen LogP contribution in [0, 0.1) is 6.92 Å². The van der Waals surface area contributed by atoms with Crippen molar-refractivity contribution < 1.29 is 8.42 Å². The average Bonchev–Trinajstić information content (AvgIpc) is 2.47. The lowest BCUT2D eigenvalue weighted by molar-refractivity contribution is 0.461. The van der Waals surface area contributed by atoms with E-state index in [0.717, 1.165) is 5.69 Å². The molecule has 2 rings (SSSR count). The third-order valence-electron chi connectivity index (χ3n) is 3.05. The number of nitrogens with zero attached hydrogens (tertiary/aromatic N) is 3. The second-order valence-electron chi connectivity index (χ2n) is 4.72. The highest BCUT2D eigenvalue weighted by molar-refractivity contribution is 7.89. The van der Waals surface area contributed by atoms with Crippen molar-refractivity contribution >= 4 is 10.0 Å². The van der Waals surface area contributed by atoms with E-state index in [-0.39, 0.29) is 18.0 Å². The zero-order valence-electron chi connectivity index (χ0n) is 12.0. The molecule has 2 N–H and O–H groups in total. The first kappa shape index (κ1) is 15.6. The van der Waals surface area contributed by atoms with Crippen LogP contribution >= 0.6 is 0 Å². The molecule has 6 nitrogen and oxygen atoms in total. The van der Waals surface area contributed by atoms with Crippen LogP contribution in [0.1, 0.15) is 17.1 Å². The molecule has 0 atom stereocenters. The molecular weight excluding hydrogens is 288 g/mol. The number of nitrogens with two attached hydrogens (primary N) is 1. The molecule has 2 heterocycles. The Morgan fingerprint density at radius 2 is 1.95 bits per heavy atom.